The summed E-state index contributed by atoms with van der Waals surface area (Å²) in [6, 6.07) is 7.59. The van der Waals surface area contributed by atoms with Gasteiger partial charge in [-0.15, -0.1) is 0 Å². The van der Waals surface area contributed by atoms with Crippen molar-refractivity contribution in [2.45, 2.75) is 46.0 Å². The summed E-state index contributed by atoms with van der Waals surface area (Å²) in [6.07, 6.45) is 6.34. The van der Waals surface area contributed by atoms with Crippen molar-refractivity contribution in [3.8, 4) is 6.07 Å². The Morgan fingerprint density at radius 3 is 2.63 bits per heavy atom. The zero-order chi connectivity index (χ0) is 14.1. The molecule has 0 aromatic heterocycles. The summed E-state index contributed by atoms with van der Waals surface area (Å²) < 4.78 is 0. The fourth-order valence-electron chi connectivity index (χ4n) is 2.06. The van der Waals surface area contributed by atoms with Gasteiger partial charge in [0.05, 0.1) is 11.3 Å². The van der Waals surface area contributed by atoms with Gasteiger partial charge in [-0.2, -0.15) is 5.26 Å². The molecule has 0 aliphatic carbocycles. The zero-order valence-electron chi connectivity index (χ0n) is 12.1. The molecule has 19 heavy (non-hydrogen) atoms. The van der Waals surface area contributed by atoms with E-state index >= 15 is 0 Å². The molecule has 104 valence electrons. The Labute approximate surface area is 116 Å². The summed E-state index contributed by atoms with van der Waals surface area (Å²) in [6.45, 7) is 5.46. The van der Waals surface area contributed by atoms with Crippen LogP contribution in [0, 0.1) is 17.2 Å². The van der Waals surface area contributed by atoms with Crippen LogP contribution in [-0.4, -0.2) is 6.54 Å². The van der Waals surface area contributed by atoms with Crippen LogP contribution in [0.15, 0.2) is 18.2 Å². The maximum atomic E-state index is 9.02. The van der Waals surface area contributed by atoms with E-state index in [1.807, 2.05) is 12.1 Å². The lowest BCUT2D eigenvalue weighted by molar-refractivity contribution is 0.523. The van der Waals surface area contributed by atoms with Crippen molar-refractivity contribution < 1.29 is 0 Å². The smallest absolute Gasteiger partial charge is 0.101 e. The van der Waals surface area contributed by atoms with Crippen molar-refractivity contribution in [3.63, 3.8) is 0 Å². The molecule has 0 amide bonds. The Kier molecular flexibility index (Phi) is 6.81. The Morgan fingerprint density at radius 2 is 1.95 bits per heavy atom. The minimum atomic E-state index is 0.625. The third-order valence-corrected chi connectivity index (χ3v) is 3.19. The van der Waals surface area contributed by atoms with Gasteiger partial charge in [-0.1, -0.05) is 39.5 Å². The third-order valence-electron chi connectivity index (χ3n) is 3.19. The molecule has 0 heterocycles. The normalized spacial score (nSPS) is 10.4. The largest absolute Gasteiger partial charge is 0.399 e. The van der Waals surface area contributed by atoms with Crippen LogP contribution in [0.1, 0.15) is 51.5 Å². The van der Waals surface area contributed by atoms with Crippen LogP contribution in [0.25, 0.3) is 0 Å². The van der Waals surface area contributed by atoms with E-state index in [1.165, 1.54) is 25.7 Å². The van der Waals surface area contributed by atoms with Crippen LogP contribution in [-0.2, 0) is 0 Å². The second-order valence-electron chi connectivity index (χ2n) is 5.44. The molecule has 0 atom stereocenters. The number of nitrogens with one attached hydrogen (secondary N) is 1. The molecule has 0 fully saturated rings. The molecule has 1 aromatic rings. The molecule has 1 rings (SSSR count). The minimum Gasteiger partial charge on any atom is -0.399 e. The molecule has 0 unspecified atom stereocenters. The Bertz CT molecular complexity index is 418. The number of nitrogens with zero attached hydrogens (tertiary/aromatic N) is 1. The lowest BCUT2D eigenvalue weighted by Gasteiger charge is -2.09. The van der Waals surface area contributed by atoms with E-state index in [1.54, 1.807) is 6.07 Å². The van der Waals surface area contributed by atoms with E-state index in [0.717, 1.165) is 24.6 Å². The fourth-order valence-corrected chi connectivity index (χ4v) is 2.06. The van der Waals surface area contributed by atoms with Crippen LogP contribution in [0.3, 0.4) is 0 Å². The minimum absolute atomic E-state index is 0.625. The monoisotopic (exact) mass is 259 g/mol. The number of hydrogen-bond acceptors (Lipinski definition) is 3. The Hall–Kier alpha value is -1.69. The summed E-state index contributed by atoms with van der Waals surface area (Å²) in [7, 11) is 0. The molecule has 0 saturated heterocycles. The summed E-state index contributed by atoms with van der Waals surface area (Å²) in [5.74, 6) is 0.811. The van der Waals surface area contributed by atoms with Gasteiger partial charge in [-0.3, -0.25) is 0 Å². The number of unbranched alkanes of at least 4 members (excludes halogenated alkanes) is 3. The van der Waals surface area contributed by atoms with E-state index in [-0.39, 0.29) is 0 Å². The number of hydrogen-bond donors (Lipinski definition) is 2. The van der Waals surface area contributed by atoms with E-state index in [4.69, 9.17) is 11.0 Å². The Morgan fingerprint density at radius 1 is 1.21 bits per heavy atom. The highest BCUT2D eigenvalue weighted by Crippen LogP contribution is 2.18. The van der Waals surface area contributed by atoms with E-state index in [9.17, 15) is 0 Å². The van der Waals surface area contributed by atoms with Gasteiger partial charge in [-0.05, 0) is 30.5 Å². The molecule has 3 N–H and O–H groups in total. The zero-order valence-corrected chi connectivity index (χ0v) is 12.1. The molecule has 0 spiro atoms. The third kappa shape index (κ3) is 6.15. The van der Waals surface area contributed by atoms with Gasteiger partial charge in [0.1, 0.15) is 6.07 Å². The van der Waals surface area contributed by atoms with Crippen LogP contribution in [0.4, 0.5) is 11.4 Å². The van der Waals surface area contributed by atoms with Crippen LogP contribution >= 0.6 is 0 Å². The average Bonchev–Trinajstić information content (AvgIpc) is 2.38. The second-order valence-corrected chi connectivity index (χ2v) is 5.44. The van der Waals surface area contributed by atoms with Gasteiger partial charge in [0.15, 0.2) is 0 Å². The van der Waals surface area contributed by atoms with E-state index in [0.29, 0.717) is 11.3 Å². The van der Waals surface area contributed by atoms with Gasteiger partial charge in [0.25, 0.3) is 0 Å². The van der Waals surface area contributed by atoms with Crippen molar-refractivity contribution in [2.24, 2.45) is 5.92 Å². The van der Waals surface area contributed by atoms with Crippen LogP contribution in [0.5, 0.6) is 0 Å². The van der Waals surface area contributed by atoms with Gasteiger partial charge in [-0.25, -0.2) is 0 Å². The number of rotatable bonds is 8. The lowest BCUT2D eigenvalue weighted by atomic mass is 10.0. The molecule has 0 saturated carbocycles. The Balaban J connectivity index is 2.21. The SMILES string of the molecule is CC(C)CCCCCCNc1ccc(N)cc1C#N. The number of nitrogen functional groups attached to an aromatic ring is 1. The average molecular weight is 259 g/mol. The summed E-state index contributed by atoms with van der Waals surface area (Å²) >= 11 is 0. The quantitative estimate of drug-likeness (QED) is 0.544. The number of nitrogens with two attached hydrogens (primary N) is 1. The first kappa shape index (κ1) is 15.4. The first-order valence-corrected chi connectivity index (χ1v) is 7.17. The molecule has 3 nitrogen and oxygen atoms in total. The van der Waals surface area contributed by atoms with Crippen molar-refractivity contribution >= 4 is 11.4 Å². The molecular weight excluding hydrogens is 234 g/mol. The maximum absolute atomic E-state index is 9.02. The highest BCUT2D eigenvalue weighted by Gasteiger charge is 2.01. The van der Waals surface area contributed by atoms with Gasteiger partial charge in [0.2, 0.25) is 0 Å². The number of benzene rings is 1. The van der Waals surface area contributed by atoms with E-state index in [2.05, 4.69) is 25.2 Å². The molecular formula is C16H25N3. The first-order valence-electron chi connectivity index (χ1n) is 7.17. The molecule has 0 aliphatic rings. The highest BCUT2D eigenvalue weighted by atomic mass is 14.9. The lowest BCUT2D eigenvalue weighted by Crippen LogP contribution is -2.03. The predicted molar refractivity (Wildman–Crippen MR) is 82.0 cm³/mol. The molecule has 0 aliphatic heterocycles. The van der Waals surface area contributed by atoms with Gasteiger partial charge < -0.3 is 11.1 Å². The summed E-state index contributed by atoms with van der Waals surface area (Å²) in [5, 5.41) is 12.3. The first-order chi connectivity index (χ1) is 9.13. The standard InChI is InChI=1S/C16H25N3/c1-13(2)7-5-3-4-6-10-19-16-9-8-15(18)11-14(16)12-17/h8-9,11,13,19H,3-7,10,18H2,1-2H3. The summed E-state index contributed by atoms with van der Waals surface area (Å²) in [4.78, 5) is 0. The fraction of sp³-hybridized carbons (Fsp3) is 0.562. The number of nitriles is 1. The highest BCUT2D eigenvalue weighted by molar-refractivity contribution is 5.62. The number of anilines is 2. The second kappa shape index (κ2) is 8.42. The topological polar surface area (TPSA) is 61.8 Å². The van der Waals surface area contributed by atoms with Gasteiger partial charge >= 0.3 is 0 Å². The van der Waals surface area contributed by atoms with Gasteiger partial charge in [0, 0.05) is 12.2 Å². The van der Waals surface area contributed by atoms with Crippen LogP contribution < -0.4 is 11.1 Å². The van der Waals surface area contributed by atoms with Crippen LogP contribution in [0.2, 0.25) is 0 Å². The maximum Gasteiger partial charge on any atom is 0.101 e. The van der Waals surface area contributed by atoms with Crippen molar-refractivity contribution in [2.75, 3.05) is 17.6 Å². The van der Waals surface area contributed by atoms with Crippen molar-refractivity contribution in [1.29, 1.82) is 5.26 Å². The molecule has 3 heteroatoms. The molecule has 0 radical (unpaired) electrons. The van der Waals surface area contributed by atoms with E-state index < -0.39 is 0 Å². The summed E-state index contributed by atoms with van der Waals surface area (Å²) in [5.41, 5.74) is 7.81. The predicted octanol–water partition coefficient (Wildman–Crippen LogP) is 4.16. The molecule has 0 bridgehead atoms. The van der Waals surface area contributed by atoms with Crippen molar-refractivity contribution in [1.82, 2.24) is 0 Å². The molecule has 1 aromatic carbocycles. The van der Waals surface area contributed by atoms with Crippen molar-refractivity contribution in [3.05, 3.63) is 23.8 Å².